The second-order valence-electron chi connectivity index (χ2n) is 4.00. The number of rotatable bonds is 6. The van der Waals surface area contributed by atoms with E-state index >= 15 is 0 Å². The molecular weight excluding hydrogens is 297 g/mol. The van der Waals surface area contributed by atoms with Crippen LogP contribution in [0.3, 0.4) is 0 Å². The van der Waals surface area contributed by atoms with E-state index in [4.69, 9.17) is 4.74 Å². The van der Waals surface area contributed by atoms with Crippen LogP contribution in [-0.4, -0.2) is 20.5 Å². The van der Waals surface area contributed by atoms with Crippen LogP contribution < -0.4 is 0 Å². The summed E-state index contributed by atoms with van der Waals surface area (Å²) < 4.78 is 66.2. The lowest BCUT2D eigenvalue weighted by atomic mass is 10.2. The van der Waals surface area contributed by atoms with E-state index < -0.39 is 28.0 Å². The van der Waals surface area contributed by atoms with Gasteiger partial charge in [0.2, 0.25) is 0 Å². The third-order valence-electron chi connectivity index (χ3n) is 2.16. The first-order valence-electron chi connectivity index (χ1n) is 5.43. The standard InChI is InChI=1S/C12H13F3O4S/c1-9-3-5-11(6-4-9)8-18-7-10(2)19-20(16,17)12(13,14)15/h3-6H,2,7-8H2,1H3. The van der Waals surface area contributed by atoms with Crippen LogP contribution in [0.1, 0.15) is 11.1 Å². The number of aryl methyl sites for hydroxylation is 1. The van der Waals surface area contributed by atoms with Crippen molar-refractivity contribution in [2.45, 2.75) is 19.0 Å². The molecule has 0 N–H and O–H groups in total. The molecule has 0 aliphatic heterocycles. The number of benzene rings is 1. The predicted molar refractivity (Wildman–Crippen MR) is 66.0 cm³/mol. The minimum atomic E-state index is -5.68. The Morgan fingerprint density at radius 1 is 1.25 bits per heavy atom. The van der Waals surface area contributed by atoms with Gasteiger partial charge in [-0.15, -0.1) is 0 Å². The zero-order valence-electron chi connectivity index (χ0n) is 10.6. The van der Waals surface area contributed by atoms with Gasteiger partial charge in [0.25, 0.3) is 0 Å². The van der Waals surface area contributed by atoms with E-state index in [2.05, 4.69) is 10.8 Å². The Labute approximate surface area is 114 Å². The Kier molecular flexibility index (Phi) is 5.18. The van der Waals surface area contributed by atoms with E-state index in [1.165, 1.54) is 0 Å². The highest BCUT2D eigenvalue weighted by atomic mass is 32.2. The Hall–Kier alpha value is -1.54. The summed E-state index contributed by atoms with van der Waals surface area (Å²) in [5.41, 5.74) is -3.63. The van der Waals surface area contributed by atoms with Crippen LogP contribution in [0.15, 0.2) is 36.6 Å². The highest BCUT2D eigenvalue weighted by molar-refractivity contribution is 7.87. The van der Waals surface area contributed by atoms with Gasteiger partial charge in [0.05, 0.1) is 6.61 Å². The first-order valence-corrected chi connectivity index (χ1v) is 6.84. The summed E-state index contributed by atoms with van der Waals surface area (Å²) in [7, 11) is -5.68. The van der Waals surface area contributed by atoms with Crippen LogP contribution in [0.4, 0.5) is 13.2 Å². The lowest BCUT2D eigenvalue weighted by molar-refractivity contribution is -0.0529. The van der Waals surface area contributed by atoms with E-state index in [1.807, 2.05) is 19.1 Å². The smallest absolute Gasteiger partial charge is 0.379 e. The van der Waals surface area contributed by atoms with Gasteiger partial charge < -0.3 is 8.92 Å². The van der Waals surface area contributed by atoms with Crippen molar-refractivity contribution >= 4 is 10.1 Å². The molecule has 1 aromatic rings. The normalized spacial score (nSPS) is 12.2. The van der Waals surface area contributed by atoms with Crippen LogP contribution in [0.25, 0.3) is 0 Å². The fourth-order valence-corrected chi connectivity index (χ4v) is 1.65. The van der Waals surface area contributed by atoms with Gasteiger partial charge in [-0.2, -0.15) is 21.6 Å². The van der Waals surface area contributed by atoms with Crippen molar-refractivity contribution in [3.05, 3.63) is 47.7 Å². The Balaban J connectivity index is 2.43. The van der Waals surface area contributed by atoms with E-state index in [1.54, 1.807) is 12.1 Å². The van der Waals surface area contributed by atoms with Crippen LogP contribution in [0, 0.1) is 6.92 Å². The molecule has 0 unspecified atom stereocenters. The molecule has 8 heteroatoms. The van der Waals surface area contributed by atoms with Crippen molar-refractivity contribution in [1.29, 1.82) is 0 Å². The number of alkyl halides is 3. The van der Waals surface area contributed by atoms with Gasteiger partial charge in [-0.05, 0) is 12.5 Å². The van der Waals surface area contributed by atoms with Crippen LogP contribution in [-0.2, 0) is 25.6 Å². The Morgan fingerprint density at radius 2 is 1.80 bits per heavy atom. The maximum atomic E-state index is 12.0. The summed E-state index contributed by atoms with van der Waals surface area (Å²) in [5.74, 6) is -0.630. The monoisotopic (exact) mass is 310 g/mol. The van der Waals surface area contributed by atoms with E-state index in [0.29, 0.717) is 0 Å². The summed E-state index contributed by atoms with van der Waals surface area (Å²) in [6.07, 6.45) is 0. The predicted octanol–water partition coefficient (Wildman–Crippen LogP) is 2.89. The van der Waals surface area contributed by atoms with Gasteiger partial charge in [-0.25, -0.2) is 0 Å². The minimum Gasteiger partial charge on any atom is -0.379 e. The lowest BCUT2D eigenvalue weighted by Crippen LogP contribution is -2.25. The molecule has 0 amide bonds. The molecule has 0 aliphatic carbocycles. The van der Waals surface area contributed by atoms with Crippen LogP contribution in [0.2, 0.25) is 0 Å². The molecule has 1 aromatic carbocycles. The summed E-state index contributed by atoms with van der Waals surface area (Å²) in [5, 5.41) is 0. The summed E-state index contributed by atoms with van der Waals surface area (Å²) in [4.78, 5) is 0. The summed E-state index contributed by atoms with van der Waals surface area (Å²) in [6, 6.07) is 7.26. The highest BCUT2D eigenvalue weighted by Gasteiger charge is 2.48. The van der Waals surface area contributed by atoms with E-state index in [9.17, 15) is 21.6 Å². The highest BCUT2D eigenvalue weighted by Crippen LogP contribution is 2.26. The quantitative estimate of drug-likeness (QED) is 0.460. The van der Waals surface area contributed by atoms with E-state index in [-0.39, 0.29) is 6.61 Å². The van der Waals surface area contributed by atoms with Crippen LogP contribution >= 0.6 is 0 Å². The van der Waals surface area contributed by atoms with Gasteiger partial charge in [-0.3, -0.25) is 0 Å². The maximum absolute atomic E-state index is 12.0. The SMILES string of the molecule is C=C(COCc1ccc(C)cc1)OS(=O)(=O)C(F)(F)F. The average Bonchev–Trinajstić information content (AvgIpc) is 2.29. The van der Waals surface area contributed by atoms with Gasteiger partial charge in [0.15, 0.2) is 0 Å². The second kappa shape index (κ2) is 6.27. The largest absolute Gasteiger partial charge is 0.534 e. The van der Waals surface area contributed by atoms with Crippen molar-refractivity contribution in [3.8, 4) is 0 Å². The molecule has 112 valence electrons. The molecule has 0 aliphatic rings. The average molecular weight is 310 g/mol. The lowest BCUT2D eigenvalue weighted by Gasteiger charge is -2.11. The molecule has 0 heterocycles. The molecule has 0 radical (unpaired) electrons. The topological polar surface area (TPSA) is 52.6 Å². The maximum Gasteiger partial charge on any atom is 0.534 e. The summed E-state index contributed by atoms with van der Waals surface area (Å²) in [6.45, 7) is 4.63. The molecule has 0 saturated carbocycles. The van der Waals surface area contributed by atoms with E-state index in [0.717, 1.165) is 11.1 Å². The van der Waals surface area contributed by atoms with Gasteiger partial charge in [0, 0.05) is 0 Å². The first-order chi connectivity index (χ1) is 9.12. The number of hydrogen-bond donors (Lipinski definition) is 0. The van der Waals surface area contributed by atoms with Crippen molar-refractivity contribution in [3.63, 3.8) is 0 Å². The fraction of sp³-hybridized carbons (Fsp3) is 0.333. The number of halogens is 3. The van der Waals surface area contributed by atoms with Crippen molar-refractivity contribution in [2.75, 3.05) is 6.61 Å². The Bertz CT molecular complexity index is 561. The Morgan fingerprint density at radius 3 is 2.30 bits per heavy atom. The molecular formula is C12H13F3O4S. The molecule has 0 spiro atoms. The molecule has 0 bridgehead atoms. The third kappa shape index (κ3) is 4.86. The zero-order chi connectivity index (χ0) is 15.4. The minimum absolute atomic E-state index is 0.106. The zero-order valence-corrected chi connectivity index (χ0v) is 11.4. The number of hydrogen-bond acceptors (Lipinski definition) is 4. The molecule has 0 aromatic heterocycles. The molecule has 1 rings (SSSR count). The molecule has 4 nitrogen and oxygen atoms in total. The van der Waals surface area contributed by atoms with Gasteiger partial charge in [0.1, 0.15) is 12.4 Å². The van der Waals surface area contributed by atoms with Crippen molar-refractivity contribution < 1.29 is 30.5 Å². The second-order valence-corrected chi connectivity index (χ2v) is 5.54. The number of ether oxygens (including phenoxy) is 1. The third-order valence-corrected chi connectivity index (χ3v) is 3.19. The first kappa shape index (κ1) is 16.5. The molecule has 0 saturated heterocycles. The van der Waals surface area contributed by atoms with Gasteiger partial charge >= 0.3 is 15.6 Å². The molecule has 0 fully saturated rings. The van der Waals surface area contributed by atoms with Gasteiger partial charge in [-0.1, -0.05) is 36.4 Å². The van der Waals surface area contributed by atoms with Crippen molar-refractivity contribution in [1.82, 2.24) is 0 Å². The summed E-state index contributed by atoms with van der Waals surface area (Å²) >= 11 is 0. The molecule has 0 atom stereocenters. The fourth-order valence-electron chi connectivity index (χ4n) is 1.19. The molecule has 20 heavy (non-hydrogen) atoms. The van der Waals surface area contributed by atoms with Crippen LogP contribution in [0.5, 0.6) is 0 Å². The van der Waals surface area contributed by atoms with Crippen molar-refractivity contribution in [2.24, 2.45) is 0 Å².